The first kappa shape index (κ1) is 18.0. The molecule has 2 unspecified atom stereocenters. The zero-order chi connectivity index (χ0) is 17.7. The van der Waals surface area contributed by atoms with Gasteiger partial charge in [-0.05, 0) is 37.0 Å². The summed E-state index contributed by atoms with van der Waals surface area (Å²) < 4.78 is 0. The molecule has 0 radical (unpaired) electrons. The number of primary amides is 2. The van der Waals surface area contributed by atoms with Crippen molar-refractivity contribution in [3.63, 3.8) is 0 Å². The van der Waals surface area contributed by atoms with Crippen LogP contribution in [-0.4, -0.2) is 23.8 Å². The summed E-state index contributed by atoms with van der Waals surface area (Å²) in [6.45, 7) is 2.17. The van der Waals surface area contributed by atoms with Gasteiger partial charge in [-0.3, -0.25) is 14.4 Å². The topological polar surface area (TPSA) is 115 Å². The van der Waals surface area contributed by atoms with Crippen LogP contribution in [0.2, 0.25) is 0 Å². The van der Waals surface area contributed by atoms with Crippen LogP contribution in [-0.2, 0) is 0 Å². The van der Waals surface area contributed by atoms with E-state index in [1.807, 2.05) is 0 Å². The zero-order valence-corrected chi connectivity index (χ0v) is 14.0. The second-order valence-electron chi connectivity index (χ2n) is 6.52. The highest BCUT2D eigenvalue weighted by Gasteiger charge is 2.23. The summed E-state index contributed by atoms with van der Waals surface area (Å²) >= 11 is 0. The fourth-order valence-corrected chi connectivity index (χ4v) is 3.40. The Morgan fingerprint density at radius 1 is 1.04 bits per heavy atom. The van der Waals surface area contributed by atoms with Crippen molar-refractivity contribution in [3.8, 4) is 0 Å². The highest BCUT2D eigenvalue weighted by molar-refractivity contribution is 6.03. The fraction of sp³-hybridized carbons (Fsp3) is 0.500. The Bertz CT molecular complexity index is 608. The molecule has 1 aliphatic rings. The normalized spacial score (nSPS) is 20.4. The Balaban J connectivity index is 2.14. The van der Waals surface area contributed by atoms with E-state index in [2.05, 4.69) is 12.2 Å². The van der Waals surface area contributed by atoms with Gasteiger partial charge in [-0.25, -0.2) is 0 Å². The summed E-state index contributed by atoms with van der Waals surface area (Å²) in [5.41, 5.74) is 11.0. The molecule has 0 heterocycles. The molecule has 130 valence electrons. The van der Waals surface area contributed by atoms with E-state index in [4.69, 9.17) is 11.5 Å². The molecule has 1 fully saturated rings. The molecular formula is C18H25N3O3. The van der Waals surface area contributed by atoms with Crippen LogP contribution in [0.15, 0.2) is 18.2 Å². The first-order valence-electron chi connectivity index (χ1n) is 8.46. The van der Waals surface area contributed by atoms with Gasteiger partial charge in [0.05, 0.1) is 0 Å². The maximum Gasteiger partial charge on any atom is 0.251 e. The Labute approximate surface area is 142 Å². The Morgan fingerprint density at radius 3 is 2.17 bits per heavy atom. The van der Waals surface area contributed by atoms with Crippen molar-refractivity contribution in [3.05, 3.63) is 34.9 Å². The van der Waals surface area contributed by atoms with E-state index in [0.29, 0.717) is 5.92 Å². The van der Waals surface area contributed by atoms with Crippen molar-refractivity contribution < 1.29 is 14.4 Å². The van der Waals surface area contributed by atoms with Gasteiger partial charge in [-0.15, -0.1) is 0 Å². The van der Waals surface area contributed by atoms with Gasteiger partial charge in [-0.2, -0.15) is 0 Å². The zero-order valence-electron chi connectivity index (χ0n) is 14.0. The number of hydrogen-bond acceptors (Lipinski definition) is 3. The van der Waals surface area contributed by atoms with Crippen molar-refractivity contribution in [1.82, 2.24) is 5.32 Å². The third-order valence-corrected chi connectivity index (χ3v) is 4.58. The van der Waals surface area contributed by atoms with Gasteiger partial charge in [0.15, 0.2) is 0 Å². The predicted octanol–water partition coefficient (Wildman–Crippen LogP) is 1.97. The van der Waals surface area contributed by atoms with Gasteiger partial charge >= 0.3 is 0 Å². The van der Waals surface area contributed by atoms with Crippen LogP contribution in [0.4, 0.5) is 0 Å². The fourth-order valence-electron chi connectivity index (χ4n) is 3.40. The molecule has 1 saturated carbocycles. The number of rotatable bonds is 6. The number of nitrogens with one attached hydrogen (secondary N) is 1. The first-order chi connectivity index (χ1) is 11.4. The highest BCUT2D eigenvalue weighted by atomic mass is 16.2. The molecule has 6 heteroatoms. The number of hydrogen-bond donors (Lipinski definition) is 3. The molecule has 2 rings (SSSR count). The number of amides is 3. The lowest BCUT2D eigenvalue weighted by molar-refractivity contribution is 0.0918. The highest BCUT2D eigenvalue weighted by Crippen LogP contribution is 2.28. The Morgan fingerprint density at radius 2 is 1.62 bits per heavy atom. The number of carbonyl (C=O) groups is 3. The van der Waals surface area contributed by atoms with Crippen molar-refractivity contribution in [1.29, 1.82) is 0 Å². The second-order valence-corrected chi connectivity index (χ2v) is 6.52. The van der Waals surface area contributed by atoms with Gasteiger partial charge in [0.1, 0.15) is 0 Å². The minimum absolute atomic E-state index is 0.101. The van der Waals surface area contributed by atoms with E-state index >= 15 is 0 Å². The molecular weight excluding hydrogens is 306 g/mol. The summed E-state index contributed by atoms with van der Waals surface area (Å²) in [4.78, 5) is 35.3. The minimum atomic E-state index is -0.701. The van der Waals surface area contributed by atoms with Crippen LogP contribution in [0.25, 0.3) is 0 Å². The average molecular weight is 331 g/mol. The van der Waals surface area contributed by atoms with Crippen LogP contribution in [0.1, 0.15) is 76.5 Å². The lowest BCUT2D eigenvalue weighted by Gasteiger charge is -2.29. The standard InChI is InChI=1S/C18H25N3O3/c1-2-4-11-5-3-6-15(7-11)21-18(24)14-9-12(16(19)22)8-13(10-14)17(20)23/h8-11,15H,2-7H2,1H3,(H2,19,22)(H2,20,23)(H,21,24). The third-order valence-electron chi connectivity index (χ3n) is 4.58. The molecule has 3 amide bonds. The van der Waals surface area contributed by atoms with Crippen LogP contribution in [0.5, 0.6) is 0 Å². The Kier molecular flexibility index (Phi) is 5.95. The van der Waals surface area contributed by atoms with E-state index < -0.39 is 11.8 Å². The van der Waals surface area contributed by atoms with Crippen LogP contribution >= 0.6 is 0 Å². The quantitative estimate of drug-likeness (QED) is 0.740. The van der Waals surface area contributed by atoms with Crippen molar-refractivity contribution >= 4 is 17.7 Å². The molecule has 5 N–H and O–H groups in total. The third kappa shape index (κ3) is 4.57. The lowest BCUT2D eigenvalue weighted by atomic mass is 9.83. The number of nitrogens with two attached hydrogens (primary N) is 2. The average Bonchev–Trinajstić information content (AvgIpc) is 2.55. The van der Waals surface area contributed by atoms with E-state index in [0.717, 1.165) is 25.7 Å². The van der Waals surface area contributed by atoms with Gasteiger partial charge in [0.25, 0.3) is 5.91 Å². The summed E-state index contributed by atoms with van der Waals surface area (Å²) in [7, 11) is 0. The lowest BCUT2D eigenvalue weighted by Crippen LogP contribution is -2.38. The molecule has 2 atom stereocenters. The van der Waals surface area contributed by atoms with Crippen molar-refractivity contribution in [2.75, 3.05) is 0 Å². The molecule has 0 saturated heterocycles. The maximum atomic E-state index is 12.5. The maximum absolute atomic E-state index is 12.5. The molecule has 24 heavy (non-hydrogen) atoms. The van der Waals surface area contributed by atoms with Crippen LogP contribution in [0, 0.1) is 5.92 Å². The molecule has 0 aliphatic heterocycles. The van der Waals surface area contributed by atoms with Gasteiger partial charge in [0.2, 0.25) is 11.8 Å². The number of carbonyl (C=O) groups excluding carboxylic acids is 3. The van der Waals surface area contributed by atoms with E-state index in [1.165, 1.54) is 31.0 Å². The number of benzene rings is 1. The second kappa shape index (κ2) is 7.95. The van der Waals surface area contributed by atoms with Gasteiger partial charge in [-0.1, -0.05) is 32.6 Å². The molecule has 1 aliphatic carbocycles. The summed E-state index contributed by atoms with van der Waals surface area (Å²) in [6.07, 6.45) is 6.55. The van der Waals surface area contributed by atoms with Gasteiger partial charge < -0.3 is 16.8 Å². The van der Waals surface area contributed by atoms with E-state index in [1.54, 1.807) is 0 Å². The van der Waals surface area contributed by atoms with Crippen molar-refractivity contribution in [2.24, 2.45) is 17.4 Å². The SMILES string of the molecule is CCCC1CCCC(NC(=O)c2cc(C(N)=O)cc(C(N)=O)c2)C1. The molecule has 1 aromatic rings. The summed E-state index contributed by atoms with van der Waals surface area (Å²) in [6, 6.07) is 4.23. The van der Waals surface area contributed by atoms with Crippen molar-refractivity contribution in [2.45, 2.75) is 51.5 Å². The van der Waals surface area contributed by atoms with Crippen LogP contribution in [0.3, 0.4) is 0 Å². The summed E-state index contributed by atoms with van der Waals surface area (Å²) in [5, 5.41) is 3.01. The smallest absolute Gasteiger partial charge is 0.251 e. The molecule has 0 spiro atoms. The Hall–Kier alpha value is -2.37. The summed E-state index contributed by atoms with van der Waals surface area (Å²) in [5.74, 6) is -1.06. The predicted molar refractivity (Wildman–Crippen MR) is 91.6 cm³/mol. The molecule has 1 aromatic carbocycles. The monoisotopic (exact) mass is 331 g/mol. The minimum Gasteiger partial charge on any atom is -0.366 e. The van der Waals surface area contributed by atoms with Crippen LogP contribution < -0.4 is 16.8 Å². The van der Waals surface area contributed by atoms with Gasteiger partial charge in [0, 0.05) is 22.7 Å². The molecule has 0 bridgehead atoms. The van der Waals surface area contributed by atoms with E-state index in [-0.39, 0.29) is 28.6 Å². The largest absolute Gasteiger partial charge is 0.366 e. The first-order valence-corrected chi connectivity index (χ1v) is 8.46. The molecule has 0 aromatic heterocycles. The van der Waals surface area contributed by atoms with E-state index in [9.17, 15) is 14.4 Å². The molecule has 6 nitrogen and oxygen atoms in total.